The van der Waals surface area contributed by atoms with Gasteiger partial charge in [-0.25, -0.2) is 0 Å². The molecular weight excluding hydrogens is 304 g/mol. The average Bonchev–Trinajstić information content (AvgIpc) is 3.07. The SMILES string of the molecule is Cc1nn(CCO)c(C)c1CN1CCCO[C@@H](CN2CCCC2)C1. The van der Waals surface area contributed by atoms with Crippen LogP contribution < -0.4 is 0 Å². The van der Waals surface area contributed by atoms with E-state index in [1.165, 1.54) is 37.2 Å². The third kappa shape index (κ3) is 4.36. The summed E-state index contributed by atoms with van der Waals surface area (Å²) in [6.07, 6.45) is 4.08. The zero-order valence-electron chi connectivity index (χ0n) is 15.2. The normalized spacial score (nSPS) is 23.7. The molecule has 24 heavy (non-hydrogen) atoms. The largest absolute Gasteiger partial charge is 0.394 e. The van der Waals surface area contributed by atoms with E-state index >= 15 is 0 Å². The van der Waals surface area contributed by atoms with Crippen LogP contribution >= 0.6 is 0 Å². The van der Waals surface area contributed by atoms with E-state index in [0.717, 1.165) is 44.9 Å². The molecule has 6 nitrogen and oxygen atoms in total. The number of aliphatic hydroxyl groups excluding tert-OH is 1. The van der Waals surface area contributed by atoms with Gasteiger partial charge in [0.05, 0.1) is 24.9 Å². The van der Waals surface area contributed by atoms with Gasteiger partial charge >= 0.3 is 0 Å². The summed E-state index contributed by atoms with van der Waals surface area (Å²) in [6.45, 7) is 12.3. The first-order valence-corrected chi connectivity index (χ1v) is 9.37. The number of aryl methyl sites for hydroxylation is 1. The highest BCUT2D eigenvalue weighted by Crippen LogP contribution is 2.19. The molecule has 1 N–H and O–H groups in total. The van der Waals surface area contributed by atoms with Gasteiger partial charge in [-0.2, -0.15) is 5.10 Å². The Labute approximate surface area is 145 Å². The average molecular weight is 336 g/mol. The Morgan fingerprint density at radius 1 is 1.12 bits per heavy atom. The summed E-state index contributed by atoms with van der Waals surface area (Å²) in [7, 11) is 0. The first kappa shape index (κ1) is 17.9. The van der Waals surface area contributed by atoms with Crippen LogP contribution in [0.15, 0.2) is 0 Å². The van der Waals surface area contributed by atoms with E-state index in [1.807, 2.05) is 4.68 Å². The van der Waals surface area contributed by atoms with Crippen molar-refractivity contribution in [3.63, 3.8) is 0 Å². The first-order chi connectivity index (χ1) is 11.7. The van der Waals surface area contributed by atoms with Crippen molar-refractivity contribution in [3.05, 3.63) is 17.0 Å². The molecule has 0 amide bonds. The Morgan fingerprint density at radius 3 is 2.62 bits per heavy atom. The Bertz CT molecular complexity index is 525. The van der Waals surface area contributed by atoms with E-state index in [-0.39, 0.29) is 6.61 Å². The third-order valence-corrected chi connectivity index (χ3v) is 5.32. The second-order valence-electron chi connectivity index (χ2n) is 7.19. The van der Waals surface area contributed by atoms with Gasteiger partial charge in [0.1, 0.15) is 0 Å². The predicted octanol–water partition coefficient (Wildman–Crippen LogP) is 1.18. The summed E-state index contributed by atoms with van der Waals surface area (Å²) in [6, 6.07) is 0. The maximum absolute atomic E-state index is 9.18. The van der Waals surface area contributed by atoms with Crippen LogP contribution in [-0.4, -0.2) is 76.7 Å². The van der Waals surface area contributed by atoms with Gasteiger partial charge in [0.15, 0.2) is 0 Å². The lowest BCUT2D eigenvalue weighted by Gasteiger charge is -2.27. The van der Waals surface area contributed by atoms with E-state index < -0.39 is 0 Å². The lowest BCUT2D eigenvalue weighted by atomic mass is 10.1. The quantitative estimate of drug-likeness (QED) is 0.845. The molecule has 0 radical (unpaired) electrons. The molecule has 0 saturated carbocycles. The highest BCUT2D eigenvalue weighted by Gasteiger charge is 2.24. The van der Waals surface area contributed by atoms with Gasteiger partial charge in [-0.3, -0.25) is 9.58 Å². The molecule has 3 heterocycles. The van der Waals surface area contributed by atoms with Crippen LogP contribution in [0.1, 0.15) is 36.2 Å². The van der Waals surface area contributed by atoms with Crippen LogP contribution in [0.2, 0.25) is 0 Å². The Balaban J connectivity index is 1.62. The number of hydrogen-bond acceptors (Lipinski definition) is 5. The lowest BCUT2D eigenvalue weighted by Crippen LogP contribution is -2.39. The minimum atomic E-state index is 0.136. The van der Waals surface area contributed by atoms with Gasteiger partial charge < -0.3 is 14.7 Å². The molecule has 0 bridgehead atoms. The number of likely N-dealkylation sites (tertiary alicyclic amines) is 1. The highest BCUT2D eigenvalue weighted by atomic mass is 16.5. The molecule has 1 aromatic rings. The zero-order chi connectivity index (χ0) is 16.9. The van der Waals surface area contributed by atoms with Crippen LogP contribution in [0.5, 0.6) is 0 Å². The highest BCUT2D eigenvalue weighted by molar-refractivity contribution is 5.24. The van der Waals surface area contributed by atoms with Crippen molar-refractivity contribution in [2.24, 2.45) is 0 Å². The lowest BCUT2D eigenvalue weighted by molar-refractivity contribution is 0.0307. The van der Waals surface area contributed by atoms with Crippen molar-refractivity contribution in [3.8, 4) is 0 Å². The summed E-state index contributed by atoms with van der Waals surface area (Å²) >= 11 is 0. The standard InChI is InChI=1S/C18H32N4O2/c1-15-18(16(2)22(19-15)9-10-23)14-21-8-5-11-24-17(13-21)12-20-6-3-4-7-20/h17,23H,3-14H2,1-2H3/t17-/m0/s1. The topological polar surface area (TPSA) is 53.8 Å². The number of nitrogens with zero attached hydrogens (tertiary/aromatic N) is 4. The van der Waals surface area contributed by atoms with Crippen LogP contribution in [0.3, 0.4) is 0 Å². The minimum Gasteiger partial charge on any atom is -0.394 e. The number of rotatable bonds is 6. The van der Waals surface area contributed by atoms with E-state index in [4.69, 9.17) is 4.74 Å². The third-order valence-electron chi connectivity index (χ3n) is 5.32. The second kappa shape index (κ2) is 8.43. The van der Waals surface area contributed by atoms with Gasteiger partial charge in [0, 0.05) is 44.0 Å². The molecule has 0 spiro atoms. The second-order valence-corrected chi connectivity index (χ2v) is 7.19. The first-order valence-electron chi connectivity index (χ1n) is 9.37. The van der Waals surface area contributed by atoms with Crippen molar-refractivity contribution in [2.75, 3.05) is 45.9 Å². The Kier molecular flexibility index (Phi) is 6.27. The molecule has 2 aliphatic heterocycles. The summed E-state index contributed by atoms with van der Waals surface area (Å²) in [5.74, 6) is 0. The molecule has 2 aliphatic rings. The van der Waals surface area contributed by atoms with Gasteiger partial charge in [-0.1, -0.05) is 0 Å². The fraction of sp³-hybridized carbons (Fsp3) is 0.833. The van der Waals surface area contributed by atoms with Crippen LogP contribution in [0.25, 0.3) is 0 Å². The number of hydrogen-bond donors (Lipinski definition) is 1. The maximum atomic E-state index is 9.18. The number of ether oxygens (including phenoxy) is 1. The molecule has 0 unspecified atom stereocenters. The van der Waals surface area contributed by atoms with Crippen molar-refractivity contribution in [2.45, 2.75) is 52.3 Å². The number of aliphatic hydroxyl groups is 1. The molecule has 2 fully saturated rings. The number of aromatic nitrogens is 2. The van der Waals surface area contributed by atoms with Crippen LogP contribution in [0.4, 0.5) is 0 Å². The molecule has 2 saturated heterocycles. The molecule has 1 atom stereocenters. The predicted molar refractivity (Wildman–Crippen MR) is 94.1 cm³/mol. The molecule has 3 rings (SSSR count). The van der Waals surface area contributed by atoms with E-state index in [0.29, 0.717) is 12.6 Å². The molecule has 0 aromatic carbocycles. The Hall–Kier alpha value is -0.950. The molecule has 6 heteroatoms. The fourth-order valence-corrected chi connectivity index (χ4v) is 3.98. The van der Waals surface area contributed by atoms with Crippen molar-refractivity contribution in [1.29, 1.82) is 0 Å². The van der Waals surface area contributed by atoms with Crippen LogP contribution in [-0.2, 0) is 17.8 Å². The monoisotopic (exact) mass is 336 g/mol. The van der Waals surface area contributed by atoms with Crippen LogP contribution in [0, 0.1) is 13.8 Å². The van der Waals surface area contributed by atoms with Crippen molar-refractivity contribution >= 4 is 0 Å². The summed E-state index contributed by atoms with van der Waals surface area (Å²) in [5.41, 5.74) is 3.58. The maximum Gasteiger partial charge on any atom is 0.0828 e. The smallest absolute Gasteiger partial charge is 0.0828 e. The Morgan fingerprint density at radius 2 is 1.88 bits per heavy atom. The molecule has 1 aromatic heterocycles. The van der Waals surface area contributed by atoms with Gasteiger partial charge in [0.2, 0.25) is 0 Å². The summed E-state index contributed by atoms with van der Waals surface area (Å²) < 4.78 is 8.03. The molecule has 136 valence electrons. The fourth-order valence-electron chi connectivity index (χ4n) is 3.98. The zero-order valence-corrected chi connectivity index (χ0v) is 15.2. The van der Waals surface area contributed by atoms with Gasteiger partial charge in [0.25, 0.3) is 0 Å². The van der Waals surface area contributed by atoms with E-state index in [1.54, 1.807) is 0 Å². The summed E-state index contributed by atoms with van der Waals surface area (Å²) in [5, 5.41) is 13.8. The van der Waals surface area contributed by atoms with Crippen molar-refractivity contribution < 1.29 is 9.84 Å². The molecular formula is C18H32N4O2. The van der Waals surface area contributed by atoms with Gasteiger partial charge in [-0.05, 0) is 46.2 Å². The summed E-state index contributed by atoms with van der Waals surface area (Å²) in [4.78, 5) is 5.07. The van der Waals surface area contributed by atoms with E-state index in [2.05, 4.69) is 28.7 Å². The minimum absolute atomic E-state index is 0.136. The van der Waals surface area contributed by atoms with Gasteiger partial charge in [-0.15, -0.1) is 0 Å². The molecule has 0 aliphatic carbocycles. The van der Waals surface area contributed by atoms with Crippen molar-refractivity contribution in [1.82, 2.24) is 19.6 Å². The van der Waals surface area contributed by atoms with E-state index in [9.17, 15) is 5.11 Å².